The van der Waals surface area contributed by atoms with Crippen molar-refractivity contribution < 1.29 is 4.79 Å². The zero-order valence-corrected chi connectivity index (χ0v) is 11.7. The Kier molecular flexibility index (Phi) is 4.02. The van der Waals surface area contributed by atoms with E-state index in [1.165, 1.54) is 25.7 Å². The van der Waals surface area contributed by atoms with Gasteiger partial charge in [0.25, 0.3) is 0 Å². The second-order valence-electron chi connectivity index (χ2n) is 6.51. The van der Waals surface area contributed by atoms with Gasteiger partial charge in [-0.25, -0.2) is 0 Å². The zero-order valence-electron chi connectivity index (χ0n) is 11.0. The summed E-state index contributed by atoms with van der Waals surface area (Å²) in [6, 6.07) is 0. The molecule has 3 atom stereocenters. The van der Waals surface area contributed by atoms with Crippen LogP contribution in [0.25, 0.3) is 0 Å². The summed E-state index contributed by atoms with van der Waals surface area (Å²) in [7, 11) is 0. The van der Waals surface area contributed by atoms with E-state index in [4.69, 9.17) is 11.6 Å². The highest BCUT2D eigenvalue weighted by atomic mass is 35.5. The van der Waals surface area contributed by atoms with Crippen LogP contribution in [0.3, 0.4) is 0 Å². The van der Waals surface area contributed by atoms with E-state index in [0.717, 1.165) is 24.7 Å². The van der Waals surface area contributed by atoms with Crippen LogP contribution in [0.1, 0.15) is 52.4 Å². The van der Waals surface area contributed by atoms with Gasteiger partial charge >= 0.3 is 0 Å². The van der Waals surface area contributed by atoms with Crippen LogP contribution in [-0.2, 0) is 4.79 Å². The fourth-order valence-electron chi connectivity index (χ4n) is 3.59. The van der Waals surface area contributed by atoms with Crippen LogP contribution in [-0.4, -0.2) is 17.3 Å². The molecule has 1 amide bonds. The molecule has 0 spiro atoms. The summed E-state index contributed by atoms with van der Waals surface area (Å²) in [6.07, 6.45) is 6.98. The van der Waals surface area contributed by atoms with E-state index in [0.29, 0.717) is 11.8 Å². The lowest BCUT2D eigenvalue weighted by atomic mass is 9.86. The number of carbonyl (C=O) groups is 1. The second kappa shape index (κ2) is 5.17. The Morgan fingerprint density at radius 1 is 1.35 bits per heavy atom. The molecule has 2 fully saturated rings. The van der Waals surface area contributed by atoms with E-state index in [1.54, 1.807) is 0 Å². The molecule has 2 rings (SSSR count). The lowest BCUT2D eigenvalue weighted by Crippen LogP contribution is -2.44. The molecule has 0 aromatic heterocycles. The predicted octanol–water partition coefficient (Wildman–Crippen LogP) is 3.34. The van der Waals surface area contributed by atoms with Crippen molar-refractivity contribution >= 4 is 17.5 Å². The number of nitrogens with one attached hydrogen (secondary N) is 1. The fourth-order valence-corrected chi connectivity index (χ4v) is 4.06. The Labute approximate surface area is 109 Å². The van der Waals surface area contributed by atoms with Crippen molar-refractivity contribution in [2.75, 3.05) is 5.88 Å². The van der Waals surface area contributed by atoms with Gasteiger partial charge < -0.3 is 5.32 Å². The molecule has 1 N–H and O–H groups in total. The van der Waals surface area contributed by atoms with Gasteiger partial charge in [0.15, 0.2) is 0 Å². The van der Waals surface area contributed by atoms with Crippen LogP contribution in [0.15, 0.2) is 0 Å². The summed E-state index contributed by atoms with van der Waals surface area (Å²) in [4.78, 5) is 12.0. The Morgan fingerprint density at radius 3 is 2.65 bits per heavy atom. The van der Waals surface area contributed by atoms with Gasteiger partial charge in [0.2, 0.25) is 5.91 Å². The van der Waals surface area contributed by atoms with Crippen LogP contribution in [0.4, 0.5) is 0 Å². The third-order valence-corrected chi connectivity index (χ3v) is 4.72. The summed E-state index contributed by atoms with van der Waals surface area (Å²) in [5, 5.41) is 3.12. The molecule has 98 valence electrons. The van der Waals surface area contributed by atoms with E-state index in [1.807, 2.05) is 13.8 Å². The van der Waals surface area contributed by atoms with Crippen molar-refractivity contribution in [2.24, 2.45) is 17.8 Å². The molecule has 3 heteroatoms. The minimum absolute atomic E-state index is 0.156. The maximum absolute atomic E-state index is 12.0. The average Bonchev–Trinajstić information content (AvgIpc) is 2.77. The standard InChI is InChI=1S/C14H24ClNO/c1-14(2,5-6-15)16-13(17)9-12-8-10-3-4-11(12)7-10/h10-12H,3-9H2,1-2H3,(H,16,17). The first-order valence-corrected chi connectivity index (χ1v) is 7.40. The molecule has 2 nitrogen and oxygen atoms in total. The monoisotopic (exact) mass is 257 g/mol. The van der Waals surface area contributed by atoms with Crippen molar-refractivity contribution in [3.63, 3.8) is 0 Å². The molecular weight excluding hydrogens is 234 g/mol. The van der Waals surface area contributed by atoms with Gasteiger partial charge in [0, 0.05) is 17.8 Å². The number of hydrogen-bond acceptors (Lipinski definition) is 1. The molecule has 2 aliphatic carbocycles. The molecule has 2 aliphatic rings. The first-order chi connectivity index (χ1) is 8.00. The zero-order chi connectivity index (χ0) is 12.5. The molecule has 3 unspecified atom stereocenters. The highest BCUT2D eigenvalue weighted by molar-refractivity contribution is 6.17. The van der Waals surface area contributed by atoms with Crippen LogP contribution in [0.5, 0.6) is 0 Å². The number of fused-ring (bicyclic) bond motifs is 2. The van der Waals surface area contributed by atoms with Crippen molar-refractivity contribution in [1.29, 1.82) is 0 Å². The summed E-state index contributed by atoms with van der Waals surface area (Å²) in [6.45, 7) is 4.10. The SMILES string of the molecule is CC(C)(CCCl)NC(=O)CC1CC2CCC1C2. The molecule has 0 radical (unpaired) electrons. The van der Waals surface area contributed by atoms with Crippen LogP contribution >= 0.6 is 11.6 Å². The van der Waals surface area contributed by atoms with Crippen LogP contribution < -0.4 is 5.32 Å². The van der Waals surface area contributed by atoms with Gasteiger partial charge in [-0.3, -0.25) is 4.79 Å². The second-order valence-corrected chi connectivity index (χ2v) is 6.89. The van der Waals surface area contributed by atoms with E-state index < -0.39 is 0 Å². The van der Waals surface area contributed by atoms with Gasteiger partial charge in [-0.1, -0.05) is 6.42 Å². The summed E-state index contributed by atoms with van der Waals surface area (Å²) in [5.41, 5.74) is -0.156. The van der Waals surface area contributed by atoms with Crippen LogP contribution in [0, 0.1) is 17.8 Å². The first kappa shape index (κ1) is 13.2. The number of rotatable bonds is 5. The quantitative estimate of drug-likeness (QED) is 0.752. The Hall–Kier alpha value is -0.240. The maximum atomic E-state index is 12.0. The number of halogens is 1. The largest absolute Gasteiger partial charge is 0.351 e. The molecule has 0 aromatic carbocycles. The lowest BCUT2D eigenvalue weighted by Gasteiger charge is -2.27. The molecule has 0 heterocycles. The van der Waals surface area contributed by atoms with E-state index in [9.17, 15) is 4.79 Å². The molecule has 2 bridgehead atoms. The predicted molar refractivity (Wildman–Crippen MR) is 71.1 cm³/mol. The Bertz CT molecular complexity index is 290. The number of hydrogen-bond donors (Lipinski definition) is 1. The minimum Gasteiger partial charge on any atom is -0.351 e. The number of carbonyl (C=O) groups excluding carboxylic acids is 1. The number of amides is 1. The first-order valence-electron chi connectivity index (χ1n) is 6.87. The summed E-state index contributed by atoms with van der Waals surface area (Å²) in [5.74, 6) is 3.23. The van der Waals surface area contributed by atoms with Crippen LogP contribution in [0.2, 0.25) is 0 Å². The van der Waals surface area contributed by atoms with E-state index in [2.05, 4.69) is 5.32 Å². The lowest BCUT2D eigenvalue weighted by molar-refractivity contribution is -0.124. The molecule has 0 aromatic rings. The molecule has 17 heavy (non-hydrogen) atoms. The highest BCUT2D eigenvalue weighted by Crippen LogP contribution is 2.49. The van der Waals surface area contributed by atoms with E-state index in [-0.39, 0.29) is 11.4 Å². The summed E-state index contributed by atoms with van der Waals surface area (Å²) < 4.78 is 0. The molecule has 0 saturated heterocycles. The smallest absolute Gasteiger partial charge is 0.220 e. The molecule has 2 saturated carbocycles. The number of alkyl halides is 1. The fraction of sp³-hybridized carbons (Fsp3) is 0.929. The van der Waals surface area contributed by atoms with Crippen molar-refractivity contribution in [1.82, 2.24) is 5.32 Å². The third-order valence-electron chi connectivity index (χ3n) is 4.53. The van der Waals surface area contributed by atoms with Gasteiger partial charge in [0.05, 0.1) is 0 Å². The van der Waals surface area contributed by atoms with Gasteiger partial charge in [-0.05, 0) is 57.3 Å². The van der Waals surface area contributed by atoms with E-state index >= 15 is 0 Å². The van der Waals surface area contributed by atoms with Gasteiger partial charge in [0.1, 0.15) is 0 Å². The average molecular weight is 258 g/mol. The molecular formula is C14H24ClNO. The van der Waals surface area contributed by atoms with Gasteiger partial charge in [-0.2, -0.15) is 0 Å². The third kappa shape index (κ3) is 3.37. The highest BCUT2D eigenvalue weighted by Gasteiger charge is 2.40. The maximum Gasteiger partial charge on any atom is 0.220 e. The Morgan fingerprint density at radius 2 is 2.12 bits per heavy atom. The van der Waals surface area contributed by atoms with Crippen molar-refractivity contribution in [3.8, 4) is 0 Å². The topological polar surface area (TPSA) is 29.1 Å². The minimum atomic E-state index is -0.156. The van der Waals surface area contributed by atoms with Crippen molar-refractivity contribution in [3.05, 3.63) is 0 Å². The summed E-state index contributed by atoms with van der Waals surface area (Å²) >= 11 is 5.74. The van der Waals surface area contributed by atoms with Crippen molar-refractivity contribution in [2.45, 2.75) is 57.9 Å². The normalized spacial score (nSPS) is 31.8. The Balaban J connectivity index is 1.78. The molecule has 0 aliphatic heterocycles. The van der Waals surface area contributed by atoms with Gasteiger partial charge in [-0.15, -0.1) is 11.6 Å².